The van der Waals surface area contributed by atoms with Crippen LogP contribution in [0.4, 0.5) is 5.69 Å². The molecular weight excluding hydrogens is 256 g/mol. The second-order valence-electron chi connectivity index (χ2n) is 5.39. The van der Waals surface area contributed by atoms with Crippen molar-refractivity contribution in [1.82, 2.24) is 5.32 Å². The minimum atomic E-state index is -0.321. The minimum absolute atomic E-state index is 0.190. The van der Waals surface area contributed by atoms with Crippen molar-refractivity contribution < 1.29 is 4.79 Å². The van der Waals surface area contributed by atoms with E-state index in [1.807, 2.05) is 11.0 Å². The third kappa shape index (κ3) is 1.81. The van der Waals surface area contributed by atoms with Crippen molar-refractivity contribution in [1.29, 1.82) is 0 Å². The summed E-state index contributed by atoms with van der Waals surface area (Å²) in [7, 11) is 0. The molecule has 3 nitrogen and oxygen atoms in total. The van der Waals surface area contributed by atoms with Crippen molar-refractivity contribution in [2.24, 2.45) is 0 Å². The van der Waals surface area contributed by atoms with Crippen LogP contribution in [0.15, 0.2) is 24.3 Å². The zero-order chi connectivity index (χ0) is 13.5. The number of para-hydroxylation sites is 1. The van der Waals surface area contributed by atoms with Gasteiger partial charge in [0, 0.05) is 12.2 Å². The van der Waals surface area contributed by atoms with Crippen molar-refractivity contribution in [3.05, 3.63) is 29.8 Å². The quantitative estimate of drug-likeness (QED) is 0.900. The molecule has 1 aromatic rings. The number of hydrogen-bond donors (Lipinski definition) is 1. The second-order valence-corrected chi connectivity index (χ2v) is 6.54. The SMILES string of the molecule is CSC(C)N1C(=O)C2(CCCNC2)c2ccccc21. The Morgan fingerprint density at radius 2 is 2.21 bits per heavy atom. The molecule has 1 amide bonds. The summed E-state index contributed by atoms with van der Waals surface area (Å²) < 4.78 is 0. The van der Waals surface area contributed by atoms with E-state index in [2.05, 4.69) is 36.7 Å². The topological polar surface area (TPSA) is 32.3 Å². The fourth-order valence-electron chi connectivity index (χ4n) is 3.33. The van der Waals surface area contributed by atoms with Crippen LogP contribution in [0.5, 0.6) is 0 Å². The zero-order valence-electron chi connectivity index (χ0n) is 11.5. The first-order valence-electron chi connectivity index (χ1n) is 6.87. The Labute approximate surface area is 118 Å². The van der Waals surface area contributed by atoms with Crippen molar-refractivity contribution in [3.8, 4) is 0 Å². The van der Waals surface area contributed by atoms with Gasteiger partial charge in [-0.05, 0) is 44.2 Å². The third-order valence-electron chi connectivity index (χ3n) is 4.40. The molecule has 1 saturated heterocycles. The van der Waals surface area contributed by atoms with Gasteiger partial charge < -0.3 is 5.32 Å². The number of thioether (sulfide) groups is 1. The molecule has 0 bridgehead atoms. The predicted octanol–water partition coefficient (Wildman–Crippen LogP) is 2.36. The first-order valence-corrected chi connectivity index (χ1v) is 8.16. The van der Waals surface area contributed by atoms with E-state index in [4.69, 9.17) is 0 Å². The lowest BCUT2D eigenvalue weighted by molar-refractivity contribution is -0.123. The van der Waals surface area contributed by atoms with E-state index >= 15 is 0 Å². The summed E-state index contributed by atoms with van der Waals surface area (Å²) in [6.07, 6.45) is 4.10. The number of amides is 1. The Morgan fingerprint density at radius 3 is 2.89 bits per heavy atom. The summed E-state index contributed by atoms with van der Waals surface area (Å²) in [4.78, 5) is 15.0. The molecule has 0 aromatic heterocycles. The lowest BCUT2D eigenvalue weighted by Crippen LogP contribution is -2.51. The van der Waals surface area contributed by atoms with Gasteiger partial charge in [-0.15, -0.1) is 11.8 Å². The lowest BCUT2D eigenvalue weighted by atomic mass is 9.76. The molecule has 2 heterocycles. The Hall–Kier alpha value is -1.00. The Morgan fingerprint density at radius 1 is 1.42 bits per heavy atom. The Bertz CT molecular complexity index is 497. The fraction of sp³-hybridized carbons (Fsp3) is 0.533. The molecule has 0 aliphatic carbocycles. The molecular formula is C15H20N2OS. The Balaban J connectivity index is 2.11. The van der Waals surface area contributed by atoms with Crippen LogP contribution in [-0.2, 0) is 10.2 Å². The van der Waals surface area contributed by atoms with Gasteiger partial charge in [0.15, 0.2) is 0 Å². The number of piperidine rings is 1. The van der Waals surface area contributed by atoms with Gasteiger partial charge in [0.05, 0.1) is 10.8 Å². The normalized spacial score (nSPS) is 27.7. The summed E-state index contributed by atoms with van der Waals surface area (Å²) in [5.74, 6) is 0.280. The van der Waals surface area contributed by atoms with Gasteiger partial charge in [0.25, 0.3) is 0 Å². The zero-order valence-corrected chi connectivity index (χ0v) is 12.3. The smallest absolute Gasteiger partial charge is 0.239 e. The number of anilines is 1. The maximum Gasteiger partial charge on any atom is 0.239 e. The number of hydrogen-bond acceptors (Lipinski definition) is 3. The van der Waals surface area contributed by atoms with Crippen molar-refractivity contribution in [2.45, 2.75) is 30.6 Å². The predicted molar refractivity (Wildman–Crippen MR) is 80.7 cm³/mol. The summed E-state index contributed by atoms with van der Waals surface area (Å²) in [5.41, 5.74) is 2.00. The van der Waals surface area contributed by atoms with E-state index in [1.54, 1.807) is 11.8 Å². The number of nitrogens with zero attached hydrogens (tertiary/aromatic N) is 1. The fourth-order valence-corrected chi connectivity index (χ4v) is 3.75. The molecule has 4 heteroatoms. The van der Waals surface area contributed by atoms with Gasteiger partial charge in [-0.2, -0.15) is 0 Å². The largest absolute Gasteiger partial charge is 0.315 e. The third-order valence-corrected chi connectivity index (χ3v) is 5.29. The summed E-state index contributed by atoms with van der Waals surface area (Å²) in [5, 5.41) is 3.60. The molecule has 1 spiro atoms. The number of benzene rings is 1. The highest BCUT2D eigenvalue weighted by Crippen LogP contribution is 2.47. The van der Waals surface area contributed by atoms with Crippen LogP contribution in [0.25, 0.3) is 0 Å². The molecule has 3 rings (SSSR count). The van der Waals surface area contributed by atoms with E-state index in [1.165, 1.54) is 5.56 Å². The van der Waals surface area contributed by atoms with Crippen molar-refractivity contribution >= 4 is 23.4 Å². The number of carbonyl (C=O) groups excluding carboxylic acids is 1. The van der Waals surface area contributed by atoms with E-state index in [-0.39, 0.29) is 16.7 Å². The van der Waals surface area contributed by atoms with Crippen molar-refractivity contribution in [2.75, 3.05) is 24.2 Å². The molecule has 2 aliphatic rings. The van der Waals surface area contributed by atoms with Crippen molar-refractivity contribution in [3.63, 3.8) is 0 Å². The number of carbonyl (C=O) groups is 1. The molecule has 1 N–H and O–H groups in total. The van der Waals surface area contributed by atoms with Gasteiger partial charge in [-0.25, -0.2) is 0 Å². The summed E-state index contributed by atoms with van der Waals surface area (Å²) >= 11 is 1.72. The van der Waals surface area contributed by atoms with E-state index in [0.717, 1.165) is 31.6 Å². The summed E-state index contributed by atoms with van der Waals surface area (Å²) in [6.45, 7) is 3.91. The van der Waals surface area contributed by atoms with E-state index in [9.17, 15) is 4.79 Å². The van der Waals surface area contributed by atoms with Gasteiger partial charge >= 0.3 is 0 Å². The van der Waals surface area contributed by atoms with Gasteiger partial charge in [0.1, 0.15) is 0 Å². The van der Waals surface area contributed by atoms with E-state index in [0.29, 0.717) is 0 Å². The van der Waals surface area contributed by atoms with E-state index < -0.39 is 0 Å². The van der Waals surface area contributed by atoms with Crippen LogP contribution >= 0.6 is 11.8 Å². The van der Waals surface area contributed by atoms with Gasteiger partial charge in [0.2, 0.25) is 5.91 Å². The van der Waals surface area contributed by atoms with Gasteiger partial charge in [-0.1, -0.05) is 18.2 Å². The van der Waals surface area contributed by atoms with Crippen LogP contribution < -0.4 is 10.2 Å². The summed E-state index contributed by atoms with van der Waals surface area (Å²) in [6, 6.07) is 8.30. The number of fused-ring (bicyclic) bond motifs is 2. The first-order chi connectivity index (χ1) is 9.20. The molecule has 1 aromatic carbocycles. The minimum Gasteiger partial charge on any atom is -0.315 e. The van der Waals surface area contributed by atoms with Crippen LogP contribution in [0.2, 0.25) is 0 Å². The maximum absolute atomic E-state index is 13.0. The standard InChI is InChI=1S/C15H20N2OS/c1-11(19-2)17-13-7-4-3-6-12(13)15(14(17)18)8-5-9-16-10-15/h3-4,6-7,11,16H,5,8-10H2,1-2H3. The highest BCUT2D eigenvalue weighted by molar-refractivity contribution is 7.99. The molecule has 2 aliphatic heterocycles. The van der Waals surface area contributed by atoms with Gasteiger partial charge in [-0.3, -0.25) is 9.69 Å². The average Bonchev–Trinajstić information content (AvgIpc) is 2.70. The number of nitrogens with one attached hydrogen (secondary N) is 1. The van der Waals surface area contributed by atoms with Crippen LogP contribution in [0.1, 0.15) is 25.3 Å². The van der Waals surface area contributed by atoms with Crippen LogP contribution in [0, 0.1) is 0 Å². The molecule has 0 saturated carbocycles. The first kappa shape index (κ1) is 13.0. The molecule has 2 atom stereocenters. The number of rotatable bonds is 2. The average molecular weight is 276 g/mol. The molecule has 102 valence electrons. The van der Waals surface area contributed by atoms with Crippen LogP contribution in [-0.4, -0.2) is 30.6 Å². The second kappa shape index (κ2) is 4.84. The van der Waals surface area contributed by atoms with Crippen LogP contribution in [0.3, 0.4) is 0 Å². The highest BCUT2D eigenvalue weighted by atomic mass is 32.2. The Kier molecular flexibility index (Phi) is 3.31. The lowest BCUT2D eigenvalue weighted by Gasteiger charge is -2.34. The highest BCUT2D eigenvalue weighted by Gasteiger charge is 2.51. The molecule has 1 fully saturated rings. The maximum atomic E-state index is 13.0. The molecule has 19 heavy (non-hydrogen) atoms. The molecule has 0 radical (unpaired) electrons. The molecule has 2 unspecified atom stereocenters. The monoisotopic (exact) mass is 276 g/mol.